The highest BCUT2D eigenvalue weighted by atomic mass is 16.5. The molecule has 0 spiro atoms. The van der Waals surface area contributed by atoms with E-state index >= 15 is 0 Å². The summed E-state index contributed by atoms with van der Waals surface area (Å²) in [6, 6.07) is 8.01. The quantitative estimate of drug-likeness (QED) is 0.645. The Bertz CT molecular complexity index is 707. The summed E-state index contributed by atoms with van der Waals surface area (Å²) in [6.07, 6.45) is 6.34. The van der Waals surface area contributed by atoms with Gasteiger partial charge < -0.3 is 4.74 Å². The third-order valence-electron chi connectivity index (χ3n) is 3.36. The van der Waals surface area contributed by atoms with Gasteiger partial charge in [0.25, 0.3) is 0 Å². The summed E-state index contributed by atoms with van der Waals surface area (Å²) in [6.45, 7) is 2.90. The Labute approximate surface area is 117 Å². The van der Waals surface area contributed by atoms with Crippen LogP contribution >= 0.6 is 0 Å². The standard InChI is InChI=1S/C15H18N4O/c1-2-3-4-7-10-20-15-13-9-6-5-8-12(13)14-17-16-11-19(14)18-15/h5-6,8-9,11H,2-4,7,10H2,1H3. The SMILES string of the molecule is CCCCCCOc1nn2cnnc2c2ccccc12. The molecule has 0 bridgehead atoms. The molecule has 0 atom stereocenters. The van der Waals surface area contributed by atoms with Crippen LogP contribution in [-0.2, 0) is 0 Å². The number of hydrogen-bond donors (Lipinski definition) is 0. The molecular formula is C15H18N4O. The number of ether oxygens (including phenoxy) is 1. The van der Waals surface area contributed by atoms with Crippen molar-refractivity contribution in [3.63, 3.8) is 0 Å². The summed E-state index contributed by atoms with van der Waals surface area (Å²) in [5.41, 5.74) is 0.763. The second-order valence-electron chi connectivity index (χ2n) is 4.86. The summed E-state index contributed by atoms with van der Waals surface area (Å²) in [5.74, 6) is 0.657. The lowest BCUT2D eigenvalue weighted by Gasteiger charge is -2.08. The zero-order valence-corrected chi connectivity index (χ0v) is 11.6. The number of aromatic nitrogens is 4. The lowest BCUT2D eigenvalue weighted by atomic mass is 10.2. The molecule has 0 unspecified atom stereocenters. The van der Waals surface area contributed by atoms with E-state index in [-0.39, 0.29) is 0 Å². The van der Waals surface area contributed by atoms with Crippen molar-refractivity contribution in [3.05, 3.63) is 30.6 Å². The lowest BCUT2D eigenvalue weighted by Crippen LogP contribution is -2.03. The van der Waals surface area contributed by atoms with Crippen LogP contribution in [0.3, 0.4) is 0 Å². The van der Waals surface area contributed by atoms with Gasteiger partial charge >= 0.3 is 0 Å². The van der Waals surface area contributed by atoms with E-state index in [9.17, 15) is 0 Å². The van der Waals surface area contributed by atoms with Crippen LogP contribution in [0.2, 0.25) is 0 Å². The van der Waals surface area contributed by atoms with E-state index in [2.05, 4.69) is 22.2 Å². The van der Waals surface area contributed by atoms with Gasteiger partial charge in [-0.3, -0.25) is 0 Å². The first kappa shape index (κ1) is 12.8. The van der Waals surface area contributed by atoms with Crippen molar-refractivity contribution >= 4 is 16.4 Å². The molecule has 2 aromatic heterocycles. The first-order valence-electron chi connectivity index (χ1n) is 7.11. The maximum Gasteiger partial charge on any atom is 0.239 e. The van der Waals surface area contributed by atoms with E-state index in [1.807, 2.05) is 24.3 Å². The van der Waals surface area contributed by atoms with E-state index in [1.165, 1.54) is 19.3 Å². The first-order chi connectivity index (χ1) is 9.90. The van der Waals surface area contributed by atoms with E-state index in [0.29, 0.717) is 12.5 Å². The summed E-state index contributed by atoms with van der Waals surface area (Å²) in [7, 11) is 0. The van der Waals surface area contributed by atoms with Crippen LogP contribution in [-0.4, -0.2) is 26.4 Å². The molecule has 0 aliphatic rings. The maximum atomic E-state index is 5.86. The van der Waals surface area contributed by atoms with E-state index in [1.54, 1.807) is 10.8 Å². The Morgan fingerprint density at radius 2 is 1.95 bits per heavy atom. The van der Waals surface area contributed by atoms with Crippen LogP contribution in [0.4, 0.5) is 0 Å². The monoisotopic (exact) mass is 270 g/mol. The highest BCUT2D eigenvalue weighted by Crippen LogP contribution is 2.25. The molecule has 0 saturated carbocycles. The van der Waals surface area contributed by atoms with Crippen LogP contribution < -0.4 is 4.74 Å². The van der Waals surface area contributed by atoms with Gasteiger partial charge in [-0.25, -0.2) is 0 Å². The molecule has 0 aliphatic heterocycles. The zero-order chi connectivity index (χ0) is 13.8. The number of hydrogen-bond acceptors (Lipinski definition) is 4. The minimum absolute atomic E-state index is 0.657. The van der Waals surface area contributed by atoms with Gasteiger partial charge in [-0.1, -0.05) is 44.4 Å². The second-order valence-corrected chi connectivity index (χ2v) is 4.86. The molecule has 1 aromatic carbocycles. The molecule has 0 aliphatic carbocycles. The van der Waals surface area contributed by atoms with Gasteiger partial charge in [0.05, 0.1) is 6.61 Å². The first-order valence-corrected chi connectivity index (χ1v) is 7.11. The van der Waals surface area contributed by atoms with Crippen molar-refractivity contribution in [2.75, 3.05) is 6.61 Å². The minimum Gasteiger partial charge on any atom is -0.476 e. The summed E-state index contributed by atoms with van der Waals surface area (Å²) >= 11 is 0. The summed E-state index contributed by atoms with van der Waals surface area (Å²) < 4.78 is 7.53. The van der Waals surface area contributed by atoms with Crippen molar-refractivity contribution in [1.29, 1.82) is 0 Å². The average Bonchev–Trinajstić information content (AvgIpc) is 2.95. The van der Waals surface area contributed by atoms with Crippen LogP contribution in [0.15, 0.2) is 30.6 Å². The predicted octanol–water partition coefficient (Wildman–Crippen LogP) is 3.24. The fourth-order valence-electron chi connectivity index (χ4n) is 2.30. The molecule has 3 aromatic rings. The smallest absolute Gasteiger partial charge is 0.239 e. The van der Waals surface area contributed by atoms with Gasteiger partial charge in [0.15, 0.2) is 5.65 Å². The topological polar surface area (TPSA) is 52.3 Å². The van der Waals surface area contributed by atoms with Crippen molar-refractivity contribution < 1.29 is 4.74 Å². The summed E-state index contributed by atoms with van der Waals surface area (Å²) in [5, 5.41) is 14.5. The molecule has 5 nitrogen and oxygen atoms in total. The highest BCUT2D eigenvalue weighted by Gasteiger charge is 2.10. The Hall–Kier alpha value is -2.17. The van der Waals surface area contributed by atoms with Crippen molar-refractivity contribution in [1.82, 2.24) is 19.8 Å². The van der Waals surface area contributed by atoms with E-state index < -0.39 is 0 Å². The molecule has 2 heterocycles. The molecule has 0 radical (unpaired) electrons. The maximum absolute atomic E-state index is 5.86. The van der Waals surface area contributed by atoms with Gasteiger partial charge in [-0.15, -0.1) is 15.3 Å². The minimum atomic E-state index is 0.657. The van der Waals surface area contributed by atoms with Crippen LogP contribution in [0, 0.1) is 0 Å². The Morgan fingerprint density at radius 1 is 1.10 bits per heavy atom. The molecule has 3 rings (SSSR count). The predicted molar refractivity (Wildman–Crippen MR) is 77.9 cm³/mol. The normalized spacial score (nSPS) is 11.2. The highest BCUT2D eigenvalue weighted by molar-refractivity contribution is 5.96. The van der Waals surface area contributed by atoms with Crippen LogP contribution in [0.1, 0.15) is 32.6 Å². The summed E-state index contributed by atoms with van der Waals surface area (Å²) in [4.78, 5) is 0. The molecule has 0 N–H and O–H groups in total. The third-order valence-corrected chi connectivity index (χ3v) is 3.36. The average molecular weight is 270 g/mol. The fourth-order valence-corrected chi connectivity index (χ4v) is 2.30. The second kappa shape index (κ2) is 5.86. The molecule has 0 fully saturated rings. The van der Waals surface area contributed by atoms with Gasteiger partial charge in [0, 0.05) is 10.8 Å². The fraction of sp³-hybridized carbons (Fsp3) is 0.400. The Morgan fingerprint density at radius 3 is 2.80 bits per heavy atom. The third kappa shape index (κ3) is 2.43. The van der Waals surface area contributed by atoms with Gasteiger partial charge in [0.1, 0.15) is 6.33 Å². The van der Waals surface area contributed by atoms with E-state index in [0.717, 1.165) is 22.8 Å². The Balaban J connectivity index is 1.88. The number of rotatable bonds is 6. The molecule has 0 saturated heterocycles. The number of unbranched alkanes of at least 4 members (excludes halogenated alkanes) is 3. The van der Waals surface area contributed by atoms with E-state index in [4.69, 9.17) is 4.74 Å². The lowest BCUT2D eigenvalue weighted by molar-refractivity contribution is 0.293. The Kier molecular flexibility index (Phi) is 3.76. The number of benzene rings is 1. The van der Waals surface area contributed by atoms with Gasteiger partial charge in [-0.05, 0) is 12.5 Å². The van der Waals surface area contributed by atoms with Crippen LogP contribution in [0.25, 0.3) is 16.4 Å². The van der Waals surface area contributed by atoms with Crippen LogP contribution in [0.5, 0.6) is 5.88 Å². The molecule has 20 heavy (non-hydrogen) atoms. The van der Waals surface area contributed by atoms with Gasteiger partial charge in [0.2, 0.25) is 5.88 Å². The molecule has 104 valence electrons. The van der Waals surface area contributed by atoms with Crippen molar-refractivity contribution in [2.45, 2.75) is 32.6 Å². The molecule has 5 heteroatoms. The zero-order valence-electron chi connectivity index (χ0n) is 11.6. The number of fused-ring (bicyclic) bond motifs is 3. The molecular weight excluding hydrogens is 252 g/mol. The molecule has 0 amide bonds. The number of nitrogens with zero attached hydrogens (tertiary/aromatic N) is 4. The van der Waals surface area contributed by atoms with Gasteiger partial charge in [-0.2, -0.15) is 4.52 Å². The van der Waals surface area contributed by atoms with Crippen molar-refractivity contribution in [3.8, 4) is 5.88 Å². The largest absolute Gasteiger partial charge is 0.476 e. The van der Waals surface area contributed by atoms with Crippen molar-refractivity contribution in [2.24, 2.45) is 0 Å².